The second-order valence-electron chi connectivity index (χ2n) is 7.64. The molecule has 0 N–H and O–H groups in total. The number of thioether (sulfide) groups is 1. The van der Waals surface area contributed by atoms with E-state index in [4.69, 9.17) is 16.3 Å². The van der Waals surface area contributed by atoms with E-state index in [-0.39, 0.29) is 11.8 Å². The normalized spacial score (nSPS) is 14.1. The fourth-order valence-electron chi connectivity index (χ4n) is 3.30. The molecule has 0 fully saturated rings. The minimum Gasteiger partial charge on any atom is -0.381 e. The van der Waals surface area contributed by atoms with E-state index in [9.17, 15) is 9.59 Å². The lowest BCUT2D eigenvalue weighted by atomic mass is 10.0. The Morgan fingerprint density at radius 1 is 0.935 bits per heavy atom. The van der Waals surface area contributed by atoms with Crippen LogP contribution in [0.25, 0.3) is 5.57 Å². The topological polar surface area (TPSA) is 46.6 Å². The van der Waals surface area contributed by atoms with Gasteiger partial charge in [-0.15, -0.1) is 0 Å². The fraction of sp³-hybridized carbons (Fsp3) is 0.360. The maximum atomic E-state index is 13.3. The number of hydrogen-bond donors (Lipinski definition) is 0. The van der Waals surface area contributed by atoms with Gasteiger partial charge in [0.1, 0.15) is 0 Å². The van der Waals surface area contributed by atoms with E-state index in [0.717, 1.165) is 34.4 Å². The first kappa shape index (κ1) is 23.6. The fourth-order valence-corrected chi connectivity index (χ4v) is 4.44. The van der Waals surface area contributed by atoms with Crippen LogP contribution in [0.15, 0.2) is 52.3 Å². The molecule has 164 valence electrons. The molecule has 0 aromatic heterocycles. The quantitative estimate of drug-likeness (QED) is 0.322. The average molecular weight is 458 g/mol. The SMILES string of the molecule is CCCCOCCCN1C(=O)C(Sc2ccc(Cl)cc2)=C(c2ccc(C)c(C)c2)C1=O. The number of halogens is 1. The van der Waals surface area contributed by atoms with Crippen molar-refractivity contribution in [2.45, 2.75) is 44.9 Å². The number of amides is 2. The first-order valence-corrected chi connectivity index (χ1v) is 11.8. The first-order chi connectivity index (χ1) is 14.9. The van der Waals surface area contributed by atoms with E-state index in [0.29, 0.717) is 41.7 Å². The summed E-state index contributed by atoms with van der Waals surface area (Å²) in [7, 11) is 0. The summed E-state index contributed by atoms with van der Waals surface area (Å²) in [6.07, 6.45) is 2.72. The largest absolute Gasteiger partial charge is 0.381 e. The predicted octanol–water partition coefficient (Wildman–Crippen LogP) is 6.04. The Hall–Kier alpha value is -2.08. The molecule has 6 heteroatoms. The van der Waals surface area contributed by atoms with Crippen LogP contribution in [0.1, 0.15) is 42.9 Å². The molecule has 0 spiro atoms. The van der Waals surface area contributed by atoms with E-state index in [1.54, 1.807) is 12.1 Å². The zero-order valence-corrected chi connectivity index (χ0v) is 19.8. The van der Waals surface area contributed by atoms with Gasteiger partial charge in [-0.3, -0.25) is 14.5 Å². The summed E-state index contributed by atoms with van der Waals surface area (Å²) < 4.78 is 5.60. The van der Waals surface area contributed by atoms with Gasteiger partial charge in [-0.05, 0) is 67.6 Å². The highest BCUT2D eigenvalue weighted by atomic mass is 35.5. The zero-order chi connectivity index (χ0) is 22.4. The maximum Gasteiger partial charge on any atom is 0.268 e. The van der Waals surface area contributed by atoms with Crippen LogP contribution in [0.4, 0.5) is 0 Å². The zero-order valence-electron chi connectivity index (χ0n) is 18.2. The Labute approximate surface area is 193 Å². The van der Waals surface area contributed by atoms with Gasteiger partial charge < -0.3 is 4.74 Å². The average Bonchev–Trinajstić information content (AvgIpc) is 2.98. The Morgan fingerprint density at radius 3 is 2.32 bits per heavy atom. The van der Waals surface area contributed by atoms with Crippen LogP contribution >= 0.6 is 23.4 Å². The van der Waals surface area contributed by atoms with Crippen LogP contribution in [0, 0.1) is 13.8 Å². The lowest BCUT2D eigenvalue weighted by Gasteiger charge is -2.15. The number of rotatable bonds is 10. The molecule has 0 unspecified atom stereocenters. The van der Waals surface area contributed by atoms with Gasteiger partial charge in [-0.2, -0.15) is 0 Å². The van der Waals surface area contributed by atoms with Gasteiger partial charge in [0.2, 0.25) is 0 Å². The summed E-state index contributed by atoms with van der Waals surface area (Å²) in [5.74, 6) is -0.481. The van der Waals surface area contributed by atoms with Crippen LogP contribution in [0.5, 0.6) is 0 Å². The summed E-state index contributed by atoms with van der Waals surface area (Å²) >= 11 is 7.32. The van der Waals surface area contributed by atoms with Crippen molar-refractivity contribution in [2.24, 2.45) is 0 Å². The molecule has 0 bridgehead atoms. The molecule has 0 radical (unpaired) electrons. The van der Waals surface area contributed by atoms with Gasteiger partial charge in [0.25, 0.3) is 11.8 Å². The van der Waals surface area contributed by atoms with Crippen molar-refractivity contribution < 1.29 is 14.3 Å². The number of carbonyl (C=O) groups excluding carboxylic acids is 2. The number of ether oxygens (including phenoxy) is 1. The number of nitrogens with zero attached hydrogens (tertiary/aromatic N) is 1. The van der Waals surface area contributed by atoms with Crippen molar-refractivity contribution in [1.29, 1.82) is 0 Å². The molecule has 2 aromatic carbocycles. The monoisotopic (exact) mass is 457 g/mol. The van der Waals surface area contributed by atoms with Crippen LogP contribution in [-0.2, 0) is 14.3 Å². The molecule has 1 aliphatic heterocycles. The van der Waals surface area contributed by atoms with Gasteiger partial charge in [-0.25, -0.2) is 0 Å². The molecule has 0 atom stereocenters. The molecule has 4 nitrogen and oxygen atoms in total. The van der Waals surface area contributed by atoms with E-state index in [2.05, 4.69) is 6.92 Å². The molecule has 3 rings (SSSR count). The Bertz CT molecular complexity index is 985. The standard InChI is InChI=1S/C25H28ClNO3S/c1-4-5-14-30-15-6-13-27-24(28)22(19-8-7-17(2)18(3)16-19)23(25(27)29)31-21-11-9-20(26)10-12-21/h7-12,16H,4-6,13-15H2,1-3H3. The lowest BCUT2D eigenvalue weighted by molar-refractivity contribution is -0.136. The summed E-state index contributed by atoms with van der Waals surface area (Å²) in [6.45, 7) is 7.76. The van der Waals surface area contributed by atoms with E-state index >= 15 is 0 Å². The van der Waals surface area contributed by atoms with Crippen molar-refractivity contribution in [2.75, 3.05) is 19.8 Å². The van der Waals surface area contributed by atoms with Crippen molar-refractivity contribution in [3.63, 3.8) is 0 Å². The van der Waals surface area contributed by atoms with Crippen molar-refractivity contribution in [3.05, 3.63) is 69.1 Å². The summed E-state index contributed by atoms with van der Waals surface area (Å²) in [6, 6.07) is 13.2. The molecular weight excluding hydrogens is 430 g/mol. The third kappa shape index (κ3) is 5.79. The molecule has 0 saturated carbocycles. The van der Waals surface area contributed by atoms with Crippen LogP contribution < -0.4 is 0 Å². The third-order valence-corrected chi connectivity index (χ3v) is 6.61. The second kappa shape index (κ2) is 11.0. The van der Waals surface area contributed by atoms with Gasteiger partial charge >= 0.3 is 0 Å². The minimum atomic E-state index is -0.244. The summed E-state index contributed by atoms with van der Waals surface area (Å²) in [5.41, 5.74) is 3.48. The summed E-state index contributed by atoms with van der Waals surface area (Å²) in [5, 5.41) is 0.631. The van der Waals surface area contributed by atoms with E-state index in [1.165, 1.54) is 16.7 Å². The molecule has 1 aliphatic rings. The Kier molecular flexibility index (Phi) is 8.35. The van der Waals surface area contributed by atoms with Crippen LogP contribution in [-0.4, -0.2) is 36.5 Å². The summed E-state index contributed by atoms with van der Waals surface area (Å²) in [4.78, 5) is 29.2. The van der Waals surface area contributed by atoms with Crippen molar-refractivity contribution in [3.8, 4) is 0 Å². The number of aryl methyl sites for hydroxylation is 2. The van der Waals surface area contributed by atoms with Crippen molar-refractivity contribution >= 4 is 40.8 Å². The van der Waals surface area contributed by atoms with E-state index < -0.39 is 0 Å². The number of unbranched alkanes of at least 4 members (excludes halogenated alkanes) is 1. The van der Waals surface area contributed by atoms with Gasteiger partial charge in [0.05, 0.1) is 10.5 Å². The maximum absolute atomic E-state index is 13.3. The van der Waals surface area contributed by atoms with Crippen molar-refractivity contribution in [1.82, 2.24) is 4.90 Å². The molecule has 0 aliphatic carbocycles. The molecule has 2 amide bonds. The highest BCUT2D eigenvalue weighted by Gasteiger charge is 2.39. The van der Waals surface area contributed by atoms with Gasteiger partial charge in [0, 0.05) is 29.7 Å². The highest BCUT2D eigenvalue weighted by molar-refractivity contribution is 8.04. The molecule has 1 heterocycles. The van der Waals surface area contributed by atoms with Gasteiger partial charge in [-0.1, -0.05) is 54.9 Å². The number of hydrogen-bond acceptors (Lipinski definition) is 4. The minimum absolute atomic E-state index is 0.238. The predicted molar refractivity (Wildman–Crippen MR) is 127 cm³/mol. The van der Waals surface area contributed by atoms with Crippen LogP contribution in [0.2, 0.25) is 5.02 Å². The molecular formula is C25H28ClNO3S. The Morgan fingerprint density at radius 2 is 1.65 bits per heavy atom. The highest BCUT2D eigenvalue weighted by Crippen LogP contribution is 2.40. The number of imide groups is 1. The number of carbonyl (C=O) groups is 2. The second-order valence-corrected chi connectivity index (χ2v) is 9.16. The first-order valence-electron chi connectivity index (χ1n) is 10.6. The number of benzene rings is 2. The van der Waals surface area contributed by atoms with Crippen LogP contribution in [0.3, 0.4) is 0 Å². The van der Waals surface area contributed by atoms with E-state index in [1.807, 2.05) is 44.2 Å². The van der Waals surface area contributed by atoms with Gasteiger partial charge in [0.15, 0.2) is 0 Å². The molecule has 31 heavy (non-hydrogen) atoms. The smallest absolute Gasteiger partial charge is 0.268 e. The molecule has 2 aromatic rings. The third-order valence-electron chi connectivity index (χ3n) is 5.27. The Balaban J connectivity index is 1.85. The lowest BCUT2D eigenvalue weighted by Crippen LogP contribution is -2.33. The molecule has 0 saturated heterocycles.